The van der Waals surface area contributed by atoms with Gasteiger partial charge >= 0.3 is 12.1 Å². The van der Waals surface area contributed by atoms with Crippen molar-refractivity contribution in [2.45, 2.75) is 20.8 Å². The van der Waals surface area contributed by atoms with Gasteiger partial charge in [-0.15, -0.1) is 0 Å². The summed E-state index contributed by atoms with van der Waals surface area (Å²) in [6.07, 6.45) is -0.405. The topological polar surface area (TPSA) is 61.9 Å². The zero-order chi connectivity index (χ0) is 15.8. The number of nitrogens with one attached hydrogen (secondary N) is 1. The van der Waals surface area contributed by atoms with Crippen LogP contribution in [0, 0.1) is 0 Å². The number of ether oxygens (including phenoxy) is 1. The normalized spacial score (nSPS) is 9.90. The predicted octanol–water partition coefficient (Wildman–Crippen LogP) is 3.15. The van der Waals surface area contributed by atoms with Crippen LogP contribution in [0.25, 0.3) is 0 Å². The molecule has 6 heteroatoms. The largest absolute Gasteiger partial charge is 0.449 e. The van der Waals surface area contributed by atoms with Crippen molar-refractivity contribution >= 4 is 23.5 Å². The molecule has 0 aromatic heterocycles. The van der Waals surface area contributed by atoms with Gasteiger partial charge in [0.2, 0.25) is 0 Å². The van der Waals surface area contributed by atoms with Crippen molar-refractivity contribution in [1.82, 2.24) is 4.90 Å². The van der Waals surface area contributed by atoms with Crippen LogP contribution in [0.5, 0.6) is 0 Å². The molecule has 3 amide bonds. The molecule has 0 heterocycles. The van der Waals surface area contributed by atoms with Crippen LogP contribution in [0.4, 0.5) is 21.0 Å². The number of urea groups is 1. The van der Waals surface area contributed by atoms with Crippen LogP contribution < -0.4 is 10.2 Å². The van der Waals surface area contributed by atoms with Crippen LogP contribution in [0.3, 0.4) is 0 Å². The maximum absolute atomic E-state index is 11.9. The highest BCUT2D eigenvalue weighted by Crippen LogP contribution is 2.18. The summed E-state index contributed by atoms with van der Waals surface area (Å²) in [5.41, 5.74) is 1.39. The summed E-state index contributed by atoms with van der Waals surface area (Å²) in [6.45, 7) is 7.28. The minimum atomic E-state index is -0.405. The molecule has 0 saturated heterocycles. The lowest BCUT2D eigenvalue weighted by molar-refractivity contribution is 0.161. The van der Waals surface area contributed by atoms with Crippen molar-refractivity contribution in [2.24, 2.45) is 0 Å². The van der Waals surface area contributed by atoms with E-state index in [1.165, 1.54) is 4.90 Å². The molecule has 1 rings (SSSR count). The van der Waals surface area contributed by atoms with Crippen LogP contribution in [0.1, 0.15) is 20.8 Å². The smallest absolute Gasteiger partial charge is 0.413 e. The molecule has 1 aromatic rings. The average Bonchev–Trinajstić information content (AvgIpc) is 2.48. The minimum Gasteiger partial charge on any atom is -0.449 e. The molecule has 0 aliphatic heterocycles. The van der Waals surface area contributed by atoms with Crippen LogP contribution in [0.15, 0.2) is 24.3 Å². The SMILES string of the molecule is CCOC(=O)N(C)c1ccc(NC(=O)N(CC)CC)cc1. The highest BCUT2D eigenvalue weighted by Gasteiger charge is 2.12. The fourth-order valence-corrected chi connectivity index (χ4v) is 1.81. The molecule has 1 aromatic carbocycles. The van der Waals surface area contributed by atoms with Gasteiger partial charge in [0, 0.05) is 31.5 Å². The Morgan fingerprint density at radius 2 is 1.67 bits per heavy atom. The van der Waals surface area contributed by atoms with Gasteiger partial charge in [0.25, 0.3) is 0 Å². The predicted molar refractivity (Wildman–Crippen MR) is 83.8 cm³/mol. The van der Waals surface area contributed by atoms with E-state index in [1.807, 2.05) is 13.8 Å². The zero-order valence-electron chi connectivity index (χ0n) is 13.0. The third kappa shape index (κ3) is 4.66. The van der Waals surface area contributed by atoms with Crippen LogP contribution in [-0.2, 0) is 4.74 Å². The Bertz CT molecular complexity index is 470. The molecule has 6 nitrogen and oxygen atoms in total. The van der Waals surface area contributed by atoms with E-state index in [2.05, 4.69) is 5.32 Å². The summed E-state index contributed by atoms with van der Waals surface area (Å²) in [6, 6.07) is 6.90. The Hall–Kier alpha value is -2.24. The van der Waals surface area contributed by atoms with Gasteiger partial charge in [-0.05, 0) is 45.0 Å². The van der Waals surface area contributed by atoms with E-state index in [-0.39, 0.29) is 6.03 Å². The lowest BCUT2D eigenvalue weighted by Crippen LogP contribution is -2.34. The first kappa shape index (κ1) is 16.8. The van der Waals surface area contributed by atoms with E-state index in [9.17, 15) is 9.59 Å². The first-order chi connectivity index (χ1) is 10.0. The number of hydrogen-bond donors (Lipinski definition) is 1. The molecule has 0 saturated carbocycles. The van der Waals surface area contributed by atoms with E-state index in [0.29, 0.717) is 31.1 Å². The fraction of sp³-hybridized carbons (Fsp3) is 0.467. The molecular weight excluding hydrogens is 270 g/mol. The van der Waals surface area contributed by atoms with Gasteiger partial charge in [0.15, 0.2) is 0 Å². The van der Waals surface area contributed by atoms with Gasteiger partial charge in [0.05, 0.1) is 6.61 Å². The Labute approximate surface area is 125 Å². The van der Waals surface area contributed by atoms with Gasteiger partial charge in [-0.2, -0.15) is 0 Å². The maximum atomic E-state index is 11.9. The first-order valence-electron chi connectivity index (χ1n) is 7.09. The van der Waals surface area contributed by atoms with Crippen LogP contribution in [-0.4, -0.2) is 43.8 Å². The quantitative estimate of drug-likeness (QED) is 0.907. The van der Waals surface area contributed by atoms with Crippen molar-refractivity contribution in [2.75, 3.05) is 37.0 Å². The highest BCUT2D eigenvalue weighted by atomic mass is 16.6. The Morgan fingerprint density at radius 3 is 2.14 bits per heavy atom. The fourth-order valence-electron chi connectivity index (χ4n) is 1.81. The maximum Gasteiger partial charge on any atom is 0.413 e. The van der Waals surface area contributed by atoms with E-state index in [1.54, 1.807) is 43.1 Å². The van der Waals surface area contributed by atoms with Crippen LogP contribution in [0.2, 0.25) is 0 Å². The number of carbonyl (C=O) groups is 2. The zero-order valence-corrected chi connectivity index (χ0v) is 13.0. The number of benzene rings is 1. The molecule has 0 fully saturated rings. The van der Waals surface area contributed by atoms with E-state index in [4.69, 9.17) is 4.74 Å². The summed E-state index contributed by atoms with van der Waals surface area (Å²) in [7, 11) is 1.64. The van der Waals surface area contributed by atoms with Crippen molar-refractivity contribution in [3.63, 3.8) is 0 Å². The Balaban J connectivity index is 2.70. The van der Waals surface area contributed by atoms with Gasteiger partial charge < -0.3 is 15.0 Å². The summed E-state index contributed by atoms with van der Waals surface area (Å²) >= 11 is 0. The molecule has 0 aliphatic carbocycles. The number of anilines is 2. The summed E-state index contributed by atoms with van der Waals surface area (Å²) < 4.78 is 4.92. The molecule has 0 bridgehead atoms. The minimum absolute atomic E-state index is 0.133. The number of nitrogens with zero attached hydrogens (tertiary/aromatic N) is 2. The van der Waals surface area contributed by atoms with Crippen molar-refractivity contribution in [3.05, 3.63) is 24.3 Å². The molecule has 116 valence electrons. The number of carbonyl (C=O) groups excluding carboxylic acids is 2. The van der Waals surface area contributed by atoms with Crippen molar-refractivity contribution in [1.29, 1.82) is 0 Å². The molecule has 0 unspecified atom stereocenters. The summed E-state index contributed by atoms with van der Waals surface area (Å²) in [4.78, 5) is 26.6. The molecule has 1 N–H and O–H groups in total. The number of rotatable bonds is 5. The molecular formula is C15H23N3O3. The van der Waals surface area contributed by atoms with E-state index < -0.39 is 6.09 Å². The highest BCUT2D eigenvalue weighted by molar-refractivity contribution is 5.90. The van der Waals surface area contributed by atoms with Crippen molar-refractivity contribution in [3.8, 4) is 0 Å². The van der Waals surface area contributed by atoms with Gasteiger partial charge in [-0.3, -0.25) is 4.90 Å². The van der Waals surface area contributed by atoms with E-state index >= 15 is 0 Å². The van der Waals surface area contributed by atoms with Crippen molar-refractivity contribution < 1.29 is 14.3 Å². The monoisotopic (exact) mass is 293 g/mol. The van der Waals surface area contributed by atoms with Gasteiger partial charge in [-0.1, -0.05) is 0 Å². The summed E-state index contributed by atoms with van der Waals surface area (Å²) in [5.74, 6) is 0. The Morgan fingerprint density at radius 1 is 1.10 bits per heavy atom. The molecule has 0 aliphatic rings. The third-order valence-corrected chi connectivity index (χ3v) is 3.10. The first-order valence-corrected chi connectivity index (χ1v) is 7.09. The lowest BCUT2D eigenvalue weighted by Gasteiger charge is -2.20. The third-order valence-electron chi connectivity index (χ3n) is 3.10. The number of amides is 3. The van der Waals surface area contributed by atoms with Gasteiger partial charge in [0.1, 0.15) is 0 Å². The summed E-state index contributed by atoms with van der Waals surface area (Å²) in [5, 5.41) is 2.82. The molecule has 0 radical (unpaired) electrons. The molecule has 0 spiro atoms. The number of hydrogen-bond acceptors (Lipinski definition) is 3. The van der Waals surface area contributed by atoms with Crippen LogP contribution >= 0.6 is 0 Å². The second-order valence-corrected chi connectivity index (χ2v) is 4.41. The molecule has 0 atom stereocenters. The molecule has 21 heavy (non-hydrogen) atoms. The average molecular weight is 293 g/mol. The second kappa shape index (κ2) is 8.14. The Kier molecular flexibility index (Phi) is 6.52. The lowest BCUT2D eigenvalue weighted by atomic mass is 10.2. The standard InChI is InChI=1S/C15H23N3O3/c1-5-18(6-2)14(19)16-12-8-10-13(11-9-12)17(4)15(20)21-7-3/h8-11H,5-7H2,1-4H3,(H,16,19). The van der Waals surface area contributed by atoms with E-state index in [0.717, 1.165) is 0 Å². The van der Waals surface area contributed by atoms with Gasteiger partial charge in [-0.25, -0.2) is 9.59 Å². The second-order valence-electron chi connectivity index (χ2n) is 4.41.